The lowest BCUT2D eigenvalue weighted by molar-refractivity contribution is -0.133. The van der Waals surface area contributed by atoms with E-state index in [0.29, 0.717) is 24.9 Å². The molecule has 1 amide bonds. The number of carbonyl (C=O) groups is 1. The first-order chi connectivity index (χ1) is 9.48. The van der Waals surface area contributed by atoms with Crippen LogP contribution in [0.15, 0.2) is 0 Å². The number of nitrogens with zero attached hydrogens (tertiary/aromatic N) is 1. The van der Waals surface area contributed by atoms with Gasteiger partial charge in [0.1, 0.15) is 0 Å². The van der Waals surface area contributed by atoms with Crippen LogP contribution >= 0.6 is 0 Å². The molecule has 2 fully saturated rings. The van der Waals surface area contributed by atoms with Crippen LogP contribution in [0.5, 0.6) is 0 Å². The van der Waals surface area contributed by atoms with E-state index in [0.717, 1.165) is 44.9 Å². The first kappa shape index (κ1) is 15.8. The van der Waals surface area contributed by atoms with Crippen LogP contribution in [0.4, 0.5) is 0 Å². The fourth-order valence-corrected chi connectivity index (χ4v) is 3.83. The zero-order valence-corrected chi connectivity index (χ0v) is 12.8. The van der Waals surface area contributed by atoms with Crippen molar-refractivity contribution in [2.75, 3.05) is 13.6 Å². The van der Waals surface area contributed by atoms with E-state index in [2.05, 4.69) is 0 Å². The Labute approximate surface area is 122 Å². The highest BCUT2D eigenvalue weighted by molar-refractivity contribution is 5.75. The summed E-state index contributed by atoms with van der Waals surface area (Å²) < 4.78 is 0. The highest BCUT2D eigenvalue weighted by atomic mass is 16.3. The summed E-state index contributed by atoms with van der Waals surface area (Å²) in [6, 6.07) is 0.334. The second kappa shape index (κ2) is 6.90. The summed E-state index contributed by atoms with van der Waals surface area (Å²) >= 11 is 0. The Morgan fingerprint density at radius 1 is 1.30 bits per heavy atom. The maximum absolute atomic E-state index is 12.2. The Hall–Kier alpha value is -0.610. The molecule has 2 aliphatic carbocycles. The third-order valence-electron chi connectivity index (χ3n) is 5.08. The second-order valence-corrected chi connectivity index (χ2v) is 7.01. The average Bonchev–Trinajstić information content (AvgIpc) is 2.82. The van der Waals surface area contributed by atoms with Gasteiger partial charge in [0.05, 0.1) is 5.60 Å². The molecule has 0 aromatic heterocycles. The fourth-order valence-electron chi connectivity index (χ4n) is 3.83. The maximum atomic E-state index is 12.2. The Balaban J connectivity index is 1.70. The molecule has 4 heteroatoms. The number of aliphatic hydroxyl groups is 1. The van der Waals surface area contributed by atoms with Gasteiger partial charge >= 0.3 is 0 Å². The number of hydrogen-bond donors (Lipinski definition) is 2. The lowest BCUT2D eigenvalue weighted by atomic mass is 9.83. The van der Waals surface area contributed by atoms with E-state index < -0.39 is 5.60 Å². The van der Waals surface area contributed by atoms with E-state index in [9.17, 15) is 9.90 Å². The molecular formula is C16H30N2O2. The van der Waals surface area contributed by atoms with Crippen molar-refractivity contribution in [1.29, 1.82) is 0 Å². The molecule has 0 aromatic rings. The van der Waals surface area contributed by atoms with Gasteiger partial charge in [-0.2, -0.15) is 0 Å². The molecule has 0 aromatic carbocycles. The predicted molar refractivity (Wildman–Crippen MR) is 80.2 cm³/mol. The van der Waals surface area contributed by atoms with E-state index in [1.165, 1.54) is 12.8 Å². The summed E-state index contributed by atoms with van der Waals surface area (Å²) in [5.41, 5.74) is 5.36. The molecule has 0 bridgehead atoms. The monoisotopic (exact) mass is 282 g/mol. The molecule has 2 unspecified atom stereocenters. The van der Waals surface area contributed by atoms with Crippen LogP contribution in [0.3, 0.4) is 0 Å². The first-order valence-corrected chi connectivity index (χ1v) is 8.20. The zero-order valence-electron chi connectivity index (χ0n) is 12.8. The summed E-state index contributed by atoms with van der Waals surface area (Å²) in [6.45, 7) is 0.496. The molecular weight excluding hydrogens is 252 g/mol. The second-order valence-electron chi connectivity index (χ2n) is 7.01. The van der Waals surface area contributed by atoms with Gasteiger partial charge in [0.25, 0.3) is 0 Å². The fraction of sp³-hybridized carbons (Fsp3) is 0.938. The van der Waals surface area contributed by atoms with Crippen molar-refractivity contribution >= 4 is 5.91 Å². The molecule has 20 heavy (non-hydrogen) atoms. The van der Waals surface area contributed by atoms with Crippen molar-refractivity contribution in [1.82, 2.24) is 4.90 Å². The molecule has 0 saturated heterocycles. The third kappa shape index (κ3) is 4.45. The summed E-state index contributed by atoms with van der Waals surface area (Å²) in [5, 5.41) is 10.4. The van der Waals surface area contributed by atoms with Crippen LogP contribution in [-0.2, 0) is 4.79 Å². The lowest BCUT2D eigenvalue weighted by Gasteiger charge is -2.30. The lowest BCUT2D eigenvalue weighted by Crippen LogP contribution is -2.42. The highest BCUT2D eigenvalue weighted by Crippen LogP contribution is 2.30. The molecule has 116 valence electrons. The summed E-state index contributed by atoms with van der Waals surface area (Å²) in [7, 11) is 1.82. The van der Waals surface area contributed by atoms with E-state index >= 15 is 0 Å². The number of carbonyl (C=O) groups excluding carboxylic acids is 1. The Kier molecular flexibility index (Phi) is 5.44. The molecule has 3 N–H and O–H groups in total. The van der Waals surface area contributed by atoms with Gasteiger partial charge in [-0.15, -0.1) is 0 Å². The van der Waals surface area contributed by atoms with Crippen molar-refractivity contribution in [3.63, 3.8) is 0 Å². The van der Waals surface area contributed by atoms with Crippen molar-refractivity contribution in [2.45, 2.75) is 75.9 Å². The van der Waals surface area contributed by atoms with E-state index in [1.54, 1.807) is 4.90 Å². The van der Waals surface area contributed by atoms with Crippen molar-refractivity contribution in [3.05, 3.63) is 0 Å². The minimum Gasteiger partial charge on any atom is -0.388 e. The van der Waals surface area contributed by atoms with Gasteiger partial charge in [0.2, 0.25) is 5.91 Å². The van der Waals surface area contributed by atoms with Crippen molar-refractivity contribution < 1.29 is 9.90 Å². The van der Waals surface area contributed by atoms with Gasteiger partial charge < -0.3 is 15.7 Å². The SMILES string of the molecule is CN(CC1(O)CCCC1)C(=O)CCC1CCCC(N)C1. The standard InChI is InChI=1S/C16H30N2O2/c1-18(12-16(20)9-2-3-10-16)15(19)8-7-13-5-4-6-14(17)11-13/h13-14,20H,2-12,17H2,1H3. The quantitative estimate of drug-likeness (QED) is 0.811. The van der Waals surface area contributed by atoms with Gasteiger partial charge in [0, 0.05) is 26.1 Å². The molecule has 2 rings (SSSR count). The zero-order chi connectivity index (χ0) is 14.6. The molecule has 0 aliphatic heterocycles. The Morgan fingerprint density at radius 2 is 2.00 bits per heavy atom. The van der Waals surface area contributed by atoms with Gasteiger partial charge in [-0.25, -0.2) is 0 Å². The van der Waals surface area contributed by atoms with Crippen LogP contribution in [0.1, 0.15) is 64.2 Å². The first-order valence-electron chi connectivity index (χ1n) is 8.20. The van der Waals surface area contributed by atoms with Crippen molar-refractivity contribution in [3.8, 4) is 0 Å². The number of amides is 1. The molecule has 2 saturated carbocycles. The van der Waals surface area contributed by atoms with Crippen LogP contribution < -0.4 is 5.73 Å². The number of nitrogens with two attached hydrogens (primary N) is 1. The minimum atomic E-state index is -0.627. The van der Waals surface area contributed by atoms with E-state index in [-0.39, 0.29) is 5.91 Å². The Bertz CT molecular complexity index is 326. The largest absolute Gasteiger partial charge is 0.388 e. The summed E-state index contributed by atoms with van der Waals surface area (Å²) in [4.78, 5) is 13.9. The number of hydrogen-bond acceptors (Lipinski definition) is 3. The van der Waals surface area contributed by atoms with Gasteiger partial charge in [-0.05, 0) is 38.0 Å². The van der Waals surface area contributed by atoms with Crippen LogP contribution in [-0.4, -0.2) is 41.1 Å². The number of rotatable bonds is 5. The highest BCUT2D eigenvalue weighted by Gasteiger charge is 2.33. The molecule has 4 nitrogen and oxygen atoms in total. The van der Waals surface area contributed by atoms with Crippen molar-refractivity contribution in [2.24, 2.45) is 11.7 Å². The Morgan fingerprint density at radius 3 is 2.65 bits per heavy atom. The molecule has 2 atom stereocenters. The van der Waals surface area contributed by atoms with Crippen LogP contribution in [0.25, 0.3) is 0 Å². The number of likely N-dealkylation sites (N-methyl/N-ethyl adjacent to an activating group) is 1. The maximum Gasteiger partial charge on any atom is 0.222 e. The van der Waals surface area contributed by atoms with E-state index in [1.807, 2.05) is 7.05 Å². The summed E-state index contributed by atoms with van der Waals surface area (Å²) in [5.74, 6) is 0.787. The van der Waals surface area contributed by atoms with Crippen LogP contribution in [0, 0.1) is 5.92 Å². The average molecular weight is 282 g/mol. The third-order valence-corrected chi connectivity index (χ3v) is 5.08. The predicted octanol–water partition coefficient (Wildman–Crippen LogP) is 2.05. The van der Waals surface area contributed by atoms with Gasteiger partial charge in [0.15, 0.2) is 0 Å². The topological polar surface area (TPSA) is 66.6 Å². The molecule has 2 aliphatic rings. The smallest absolute Gasteiger partial charge is 0.222 e. The normalized spacial score (nSPS) is 29.4. The molecule has 0 radical (unpaired) electrons. The molecule has 0 heterocycles. The minimum absolute atomic E-state index is 0.171. The van der Waals surface area contributed by atoms with Gasteiger partial charge in [-0.1, -0.05) is 25.7 Å². The van der Waals surface area contributed by atoms with Gasteiger partial charge in [-0.3, -0.25) is 4.79 Å². The molecule has 0 spiro atoms. The van der Waals surface area contributed by atoms with Crippen LogP contribution in [0.2, 0.25) is 0 Å². The summed E-state index contributed by atoms with van der Waals surface area (Å²) in [6.07, 6.45) is 10.0. The van der Waals surface area contributed by atoms with E-state index in [4.69, 9.17) is 5.73 Å².